The zero-order valence-electron chi connectivity index (χ0n) is 9.19. The van der Waals surface area contributed by atoms with Crippen LogP contribution in [-0.4, -0.2) is 42.0 Å². The normalized spacial score (nSPS) is 18.6. The third-order valence-electron chi connectivity index (χ3n) is 2.73. The number of hydrogen-bond acceptors (Lipinski definition) is 4. The lowest BCUT2D eigenvalue weighted by Crippen LogP contribution is -2.36. The molecular formula is C10H13BClN3O. The molecule has 1 aliphatic heterocycles. The Morgan fingerprint density at radius 2 is 2.12 bits per heavy atom. The van der Waals surface area contributed by atoms with Crippen LogP contribution in [0.5, 0.6) is 5.88 Å². The Balaban J connectivity index is 2.01. The van der Waals surface area contributed by atoms with Gasteiger partial charge in [-0.1, -0.05) is 11.6 Å². The van der Waals surface area contributed by atoms with Gasteiger partial charge in [-0.3, -0.25) is 0 Å². The lowest BCUT2D eigenvalue weighted by atomic mass is 10.1. The summed E-state index contributed by atoms with van der Waals surface area (Å²) in [5, 5.41) is 0.446. The molecule has 1 aromatic heterocycles. The molecule has 0 N–H and O–H groups in total. The maximum atomic E-state index is 5.90. The van der Waals surface area contributed by atoms with E-state index in [1.165, 1.54) is 6.33 Å². The molecule has 0 spiro atoms. The highest BCUT2D eigenvalue weighted by Crippen LogP contribution is 2.23. The Bertz CT molecular complexity index is 369. The zero-order valence-corrected chi connectivity index (χ0v) is 9.94. The second kappa shape index (κ2) is 5.02. The molecule has 4 nitrogen and oxygen atoms in total. The van der Waals surface area contributed by atoms with Crippen molar-refractivity contribution < 1.29 is 4.74 Å². The second-order valence-electron chi connectivity index (χ2n) is 3.95. The summed E-state index contributed by atoms with van der Waals surface area (Å²) in [5.41, 5.74) is 0.791. The predicted octanol–water partition coefficient (Wildman–Crippen LogP) is 1.37. The standard InChI is InChI=1S/C10H13BClN3O/c1-7-9(12)13-6-14-10(7)16-8-2-4-15(11)5-3-8/h6,8H,2-5H2,1H3. The van der Waals surface area contributed by atoms with Crippen LogP contribution in [0.15, 0.2) is 6.33 Å². The van der Waals surface area contributed by atoms with Gasteiger partial charge >= 0.3 is 0 Å². The SMILES string of the molecule is [B]N1CCC(Oc2ncnc(Cl)c2C)CC1. The number of hydrogen-bond donors (Lipinski definition) is 0. The molecule has 0 aliphatic carbocycles. The van der Waals surface area contributed by atoms with Gasteiger partial charge in [0, 0.05) is 5.56 Å². The fraction of sp³-hybridized carbons (Fsp3) is 0.600. The topological polar surface area (TPSA) is 38.2 Å². The summed E-state index contributed by atoms with van der Waals surface area (Å²) in [5.74, 6) is 0.579. The lowest BCUT2D eigenvalue weighted by Gasteiger charge is -2.29. The Labute approximate surface area is 101 Å². The molecule has 0 unspecified atom stereocenters. The van der Waals surface area contributed by atoms with E-state index in [9.17, 15) is 0 Å². The molecule has 1 aromatic rings. The molecule has 1 saturated heterocycles. The molecule has 6 heteroatoms. The molecule has 1 aliphatic rings. The van der Waals surface area contributed by atoms with Crippen molar-refractivity contribution in [3.8, 4) is 5.88 Å². The minimum Gasteiger partial charge on any atom is -0.474 e. The second-order valence-corrected chi connectivity index (χ2v) is 4.31. The first-order valence-electron chi connectivity index (χ1n) is 5.30. The summed E-state index contributed by atoms with van der Waals surface area (Å²) in [6, 6.07) is 0. The summed E-state index contributed by atoms with van der Waals surface area (Å²) in [4.78, 5) is 9.79. The van der Waals surface area contributed by atoms with Crippen molar-refractivity contribution in [3.05, 3.63) is 17.0 Å². The van der Waals surface area contributed by atoms with Crippen molar-refractivity contribution in [2.45, 2.75) is 25.9 Å². The van der Waals surface area contributed by atoms with Gasteiger partial charge in [0.1, 0.15) is 17.6 Å². The van der Waals surface area contributed by atoms with Gasteiger partial charge in [-0.05, 0) is 32.9 Å². The van der Waals surface area contributed by atoms with Gasteiger partial charge in [0.2, 0.25) is 5.88 Å². The van der Waals surface area contributed by atoms with Gasteiger partial charge in [0.25, 0.3) is 0 Å². The molecular weight excluding hydrogens is 224 g/mol. The quantitative estimate of drug-likeness (QED) is 0.575. The van der Waals surface area contributed by atoms with E-state index in [1.807, 2.05) is 6.92 Å². The van der Waals surface area contributed by atoms with E-state index in [2.05, 4.69) is 9.97 Å². The van der Waals surface area contributed by atoms with E-state index >= 15 is 0 Å². The Morgan fingerprint density at radius 1 is 1.44 bits per heavy atom. The summed E-state index contributed by atoms with van der Waals surface area (Å²) in [7, 11) is 5.68. The molecule has 84 valence electrons. The van der Waals surface area contributed by atoms with E-state index in [-0.39, 0.29) is 6.10 Å². The van der Waals surface area contributed by atoms with Crippen LogP contribution in [0.2, 0.25) is 5.15 Å². The first kappa shape index (κ1) is 11.7. The average molecular weight is 237 g/mol. The molecule has 0 amide bonds. The number of halogens is 1. The average Bonchev–Trinajstić information content (AvgIpc) is 2.28. The summed E-state index contributed by atoms with van der Waals surface area (Å²) >= 11 is 5.90. The van der Waals surface area contributed by atoms with E-state index in [0.29, 0.717) is 11.0 Å². The third-order valence-corrected chi connectivity index (χ3v) is 3.11. The van der Waals surface area contributed by atoms with Crippen LogP contribution in [0, 0.1) is 6.92 Å². The van der Waals surface area contributed by atoms with Gasteiger partial charge in [0.15, 0.2) is 7.98 Å². The number of piperidine rings is 1. The fourth-order valence-electron chi connectivity index (χ4n) is 1.68. The van der Waals surface area contributed by atoms with E-state index in [4.69, 9.17) is 24.3 Å². The largest absolute Gasteiger partial charge is 0.474 e. The van der Waals surface area contributed by atoms with Crippen LogP contribution in [0.3, 0.4) is 0 Å². The van der Waals surface area contributed by atoms with E-state index in [1.54, 1.807) is 4.81 Å². The van der Waals surface area contributed by atoms with Gasteiger partial charge in [0.05, 0.1) is 0 Å². The molecule has 2 radical (unpaired) electrons. The van der Waals surface area contributed by atoms with Crippen molar-refractivity contribution in [2.75, 3.05) is 13.1 Å². The summed E-state index contributed by atoms with van der Waals surface area (Å²) in [6.07, 6.45) is 3.42. The Kier molecular flexibility index (Phi) is 3.66. The maximum absolute atomic E-state index is 5.90. The lowest BCUT2D eigenvalue weighted by molar-refractivity contribution is 0.130. The predicted molar refractivity (Wildman–Crippen MR) is 62.8 cm³/mol. The molecule has 2 rings (SSSR count). The third kappa shape index (κ3) is 2.65. The van der Waals surface area contributed by atoms with Crippen LogP contribution < -0.4 is 4.74 Å². The van der Waals surface area contributed by atoms with Crippen molar-refractivity contribution in [3.63, 3.8) is 0 Å². The van der Waals surface area contributed by atoms with Crippen molar-refractivity contribution in [1.29, 1.82) is 0 Å². The number of ether oxygens (including phenoxy) is 1. The van der Waals surface area contributed by atoms with Crippen molar-refractivity contribution in [2.24, 2.45) is 0 Å². The smallest absolute Gasteiger partial charge is 0.221 e. The summed E-state index contributed by atoms with van der Waals surface area (Å²) < 4.78 is 5.80. The highest BCUT2D eigenvalue weighted by Gasteiger charge is 2.19. The molecule has 2 heterocycles. The molecule has 0 saturated carbocycles. The molecule has 16 heavy (non-hydrogen) atoms. The first-order chi connectivity index (χ1) is 7.66. The van der Waals surface area contributed by atoms with Crippen LogP contribution in [0.25, 0.3) is 0 Å². The highest BCUT2D eigenvalue weighted by atomic mass is 35.5. The minimum atomic E-state index is 0.171. The molecule has 0 aromatic carbocycles. The number of aromatic nitrogens is 2. The number of nitrogens with zero attached hydrogens (tertiary/aromatic N) is 3. The Morgan fingerprint density at radius 3 is 2.81 bits per heavy atom. The monoisotopic (exact) mass is 237 g/mol. The van der Waals surface area contributed by atoms with E-state index in [0.717, 1.165) is 31.5 Å². The molecule has 0 bridgehead atoms. The van der Waals surface area contributed by atoms with Crippen LogP contribution in [-0.2, 0) is 0 Å². The Hall–Kier alpha value is -0.805. The molecule has 1 fully saturated rings. The van der Waals surface area contributed by atoms with E-state index < -0.39 is 0 Å². The van der Waals surface area contributed by atoms with Gasteiger partial charge < -0.3 is 9.55 Å². The zero-order chi connectivity index (χ0) is 11.5. The van der Waals surface area contributed by atoms with Crippen LogP contribution >= 0.6 is 11.6 Å². The van der Waals surface area contributed by atoms with Gasteiger partial charge in [-0.15, -0.1) is 0 Å². The van der Waals surface area contributed by atoms with Crippen molar-refractivity contribution >= 4 is 19.6 Å². The first-order valence-corrected chi connectivity index (χ1v) is 5.68. The van der Waals surface area contributed by atoms with Crippen molar-refractivity contribution in [1.82, 2.24) is 14.8 Å². The molecule has 0 atom stereocenters. The minimum absolute atomic E-state index is 0.171. The maximum Gasteiger partial charge on any atom is 0.221 e. The fourth-order valence-corrected chi connectivity index (χ4v) is 1.81. The van der Waals surface area contributed by atoms with Crippen LogP contribution in [0.4, 0.5) is 0 Å². The number of rotatable bonds is 2. The summed E-state index contributed by atoms with van der Waals surface area (Å²) in [6.45, 7) is 3.56. The van der Waals surface area contributed by atoms with Gasteiger partial charge in [-0.25, -0.2) is 9.97 Å². The van der Waals surface area contributed by atoms with Gasteiger partial charge in [-0.2, -0.15) is 0 Å². The van der Waals surface area contributed by atoms with Crippen LogP contribution in [0.1, 0.15) is 18.4 Å². The highest BCUT2D eigenvalue weighted by molar-refractivity contribution is 6.30.